The Morgan fingerprint density at radius 2 is 1.74 bits per heavy atom. The molecule has 0 radical (unpaired) electrons. The molecule has 0 spiro atoms. The maximum absolute atomic E-state index is 14.2. The van der Waals surface area contributed by atoms with Crippen molar-refractivity contribution in [1.29, 1.82) is 0 Å². The van der Waals surface area contributed by atoms with E-state index in [0.717, 1.165) is 27.9 Å². The lowest BCUT2D eigenvalue weighted by atomic mass is 10.0. The number of hydrogen-bond acceptors (Lipinski definition) is 6. The van der Waals surface area contributed by atoms with Crippen molar-refractivity contribution in [3.63, 3.8) is 0 Å². The van der Waals surface area contributed by atoms with Gasteiger partial charge in [-0.1, -0.05) is 18.2 Å². The predicted octanol–water partition coefficient (Wildman–Crippen LogP) is 4.19. The van der Waals surface area contributed by atoms with Crippen molar-refractivity contribution in [2.45, 2.75) is 38.7 Å². The smallest absolute Gasteiger partial charge is 0.352 e. The zero-order valence-electron chi connectivity index (χ0n) is 20.8. The van der Waals surface area contributed by atoms with Gasteiger partial charge in [0.25, 0.3) is 5.91 Å². The number of benzene rings is 2. The summed E-state index contributed by atoms with van der Waals surface area (Å²) in [6.45, 7) is 2.82. The molecule has 0 bridgehead atoms. The topological polar surface area (TPSA) is 106 Å². The van der Waals surface area contributed by atoms with Crippen molar-refractivity contribution >= 4 is 17.5 Å². The first-order valence-corrected chi connectivity index (χ1v) is 11.8. The van der Waals surface area contributed by atoms with Crippen molar-refractivity contribution < 1.29 is 27.2 Å². The van der Waals surface area contributed by atoms with Crippen LogP contribution in [0.3, 0.4) is 0 Å². The van der Waals surface area contributed by atoms with E-state index in [1.165, 1.54) is 48.8 Å². The Balaban J connectivity index is 1.78. The normalized spacial score (nSPS) is 12.3. The highest BCUT2D eigenvalue weighted by Crippen LogP contribution is 2.34. The van der Waals surface area contributed by atoms with Crippen LogP contribution in [0.4, 0.5) is 23.2 Å². The molecule has 0 saturated carbocycles. The molecule has 2 amide bonds. The van der Waals surface area contributed by atoms with E-state index in [1.807, 2.05) is 0 Å². The number of carbonyl (C=O) groups excluding carboxylic acids is 2. The second-order valence-corrected chi connectivity index (χ2v) is 8.78. The fourth-order valence-electron chi connectivity index (χ4n) is 3.85. The fourth-order valence-corrected chi connectivity index (χ4v) is 3.85. The highest BCUT2D eigenvalue weighted by Gasteiger charge is 2.36. The maximum atomic E-state index is 14.2. The Morgan fingerprint density at radius 1 is 1.03 bits per heavy atom. The number of tetrazole rings is 1. The van der Waals surface area contributed by atoms with Crippen LogP contribution in [0.15, 0.2) is 73.1 Å². The summed E-state index contributed by atoms with van der Waals surface area (Å²) in [7, 11) is 0. The number of carbonyl (C=O) groups is 2. The first kappa shape index (κ1) is 27.4. The lowest BCUT2D eigenvalue weighted by Gasteiger charge is -2.32. The fraction of sp³-hybridized carbons (Fsp3) is 0.231. The molecule has 9 nitrogen and oxygen atoms in total. The largest absolute Gasteiger partial charge is 0.416 e. The molecule has 0 aliphatic heterocycles. The van der Waals surface area contributed by atoms with E-state index in [1.54, 1.807) is 19.9 Å². The molecule has 202 valence electrons. The number of alkyl halides is 3. The van der Waals surface area contributed by atoms with Gasteiger partial charge in [-0.15, -0.1) is 10.2 Å². The summed E-state index contributed by atoms with van der Waals surface area (Å²) in [5.41, 5.74) is -0.814. The van der Waals surface area contributed by atoms with Crippen LogP contribution in [0.1, 0.15) is 31.0 Å². The molecule has 2 heterocycles. The van der Waals surface area contributed by atoms with Gasteiger partial charge in [-0.2, -0.15) is 18.0 Å². The molecular weight excluding hydrogens is 518 g/mol. The van der Waals surface area contributed by atoms with Gasteiger partial charge in [0.1, 0.15) is 18.4 Å². The third-order valence-electron chi connectivity index (χ3n) is 5.52. The minimum absolute atomic E-state index is 0.0527. The standard InChI is InChI=1S/C26H23F4N7O2/c1-16(2)32-25(39)23(17-10-12-31-13-11-17)37(19-7-5-6-18(14-19)26(28,29)30)22(38)15-36-34-24(33-35-36)20-8-3-4-9-21(20)27/h3-14,16,23H,15H2,1-2H3,(H,32,39). The number of rotatable bonds is 8. The van der Waals surface area contributed by atoms with Crippen LogP contribution in [-0.2, 0) is 22.3 Å². The van der Waals surface area contributed by atoms with Crippen LogP contribution >= 0.6 is 0 Å². The lowest BCUT2D eigenvalue weighted by Crippen LogP contribution is -2.47. The highest BCUT2D eigenvalue weighted by atomic mass is 19.4. The van der Waals surface area contributed by atoms with Gasteiger partial charge in [-0.25, -0.2) is 4.39 Å². The Labute approximate surface area is 220 Å². The quantitative estimate of drug-likeness (QED) is 0.336. The molecule has 0 aliphatic carbocycles. The number of hydrogen-bond donors (Lipinski definition) is 1. The van der Waals surface area contributed by atoms with Crippen molar-refractivity contribution in [2.75, 3.05) is 4.90 Å². The van der Waals surface area contributed by atoms with Crippen LogP contribution in [0.25, 0.3) is 11.4 Å². The van der Waals surface area contributed by atoms with Crippen molar-refractivity contribution in [3.8, 4) is 11.4 Å². The molecule has 1 unspecified atom stereocenters. The van der Waals surface area contributed by atoms with E-state index in [-0.39, 0.29) is 23.1 Å². The Kier molecular flexibility index (Phi) is 7.98. The second-order valence-electron chi connectivity index (χ2n) is 8.78. The first-order valence-electron chi connectivity index (χ1n) is 11.8. The minimum Gasteiger partial charge on any atom is -0.352 e. The average molecular weight is 542 g/mol. The van der Waals surface area contributed by atoms with Crippen molar-refractivity contribution in [3.05, 3.63) is 90.0 Å². The third kappa shape index (κ3) is 6.43. The maximum Gasteiger partial charge on any atom is 0.416 e. The molecule has 0 saturated heterocycles. The summed E-state index contributed by atoms with van der Waals surface area (Å²) in [6, 6.07) is 11.1. The Morgan fingerprint density at radius 3 is 2.41 bits per heavy atom. The van der Waals surface area contributed by atoms with Crippen LogP contribution in [0.5, 0.6) is 0 Å². The molecule has 4 rings (SSSR count). The first-order chi connectivity index (χ1) is 18.5. The highest BCUT2D eigenvalue weighted by molar-refractivity contribution is 6.01. The molecule has 0 aliphatic rings. The van der Waals surface area contributed by atoms with Crippen LogP contribution in [-0.4, -0.2) is 43.0 Å². The van der Waals surface area contributed by atoms with Crippen LogP contribution < -0.4 is 10.2 Å². The van der Waals surface area contributed by atoms with E-state index in [2.05, 4.69) is 25.7 Å². The zero-order valence-corrected chi connectivity index (χ0v) is 20.8. The Hall–Kier alpha value is -4.68. The van der Waals surface area contributed by atoms with Gasteiger partial charge in [-0.05, 0) is 67.1 Å². The van der Waals surface area contributed by atoms with Crippen LogP contribution in [0, 0.1) is 5.82 Å². The number of anilines is 1. The summed E-state index contributed by atoms with van der Waals surface area (Å²) >= 11 is 0. The molecule has 2 aromatic heterocycles. The summed E-state index contributed by atoms with van der Waals surface area (Å²) in [6.07, 6.45) is -1.89. The van der Waals surface area contributed by atoms with Gasteiger partial charge in [0.05, 0.1) is 11.1 Å². The van der Waals surface area contributed by atoms with E-state index in [0.29, 0.717) is 5.56 Å². The van der Waals surface area contributed by atoms with Gasteiger partial charge in [0, 0.05) is 24.1 Å². The number of pyridine rings is 1. The van der Waals surface area contributed by atoms with E-state index < -0.39 is 42.0 Å². The van der Waals surface area contributed by atoms with E-state index in [4.69, 9.17) is 0 Å². The number of nitrogens with zero attached hydrogens (tertiary/aromatic N) is 6. The van der Waals surface area contributed by atoms with E-state index in [9.17, 15) is 27.2 Å². The number of halogens is 4. The number of amides is 2. The van der Waals surface area contributed by atoms with Gasteiger partial charge in [0.2, 0.25) is 11.7 Å². The van der Waals surface area contributed by atoms with Gasteiger partial charge >= 0.3 is 6.18 Å². The molecule has 39 heavy (non-hydrogen) atoms. The molecular formula is C26H23F4N7O2. The van der Waals surface area contributed by atoms with Crippen molar-refractivity contribution in [1.82, 2.24) is 30.5 Å². The van der Waals surface area contributed by atoms with Crippen molar-refractivity contribution in [2.24, 2.45) is 0 Å². The van der Waals surface area contributed by atoms with Gasteiger partial charge in [-0.3, -0.25) is 19.5 Å². The predicted molar refractivity (Wildman–Crippen MR) is 132 cm³/mol. The number of nitrogens with one attached hydrogen (secondary N) is 1. The minimum atomic E-state index is -4.70. The summed E-state index contributed by atoms with van der Waals surface area (Å²) < 4.78 is 54.9. The summed E-state index contributed by atoms with van der Waals surface area (Å²) in [4.78, 5) is 32.9. The molecule has 0 fully saturated rings. The second kappa shape index (κ2) is 11.4. The lowest BCUT2D eigenvalue weighted by molar-refractivity contribution is -0.137. The molecule has 13 heteroatoms. The monoisotopic (exact) mass is 541 g/mol. The molecule has 1 N–H and O–H groups in total. The third-order valence-corrected chi connectivity index (χ3v) is 5.52. The molecule has 4 aromatic rings. The SMILES string of the molecule is CC(C)NC(=O)C(c1ccncc1)N(C(=O)Cn1nnc(-c2ccccc2F)n1)c1cccc(C(F)(F)F)c1. The van der Waals surface area contributed by atoms with E-state index >= 15 is 0 Å². The Bertz CT molecular complexity index is 1460. The average Bonchev–Trinajstić information content (AvgIpc) is 3.35. The van der Waals surface area contributed by atoms with Gasteiger partial charge in [0.15, 0.2) is 0 Å². The molecule has 2 aromatic carbocycles. The van der Waals surface area contributed by atoms with Gasteiger partial charge < -0.3 is 5.32 Å². The summed E-state index contributed by atoms with van der Waals surface area (Å²) in [5, 5.41) is 14.4. The zero-order chi connectivity index (χ0) is 28.2. The summed E-state index contributed by atoms with van der Waals surface area (Å²) in [5.74, 6) is -2.13. The molecule has 1 atom stereocenters. The number of aromatic nitrogens is 5. The van der Waals surface area contributed by atoms with Crippen LogP contribution in [0.2, 0.25) is 0 Å².